The Kier molecular flexibility index (Phi) is 6.28. The van der Waals surface area contributed by atoms with Gasteiger partial charge in [-0.05, 0) is 60.9 Å². The highest BCUT2D eigenvalue weighted by molar-refractivity contribution is 7.87. The van der Waals surface area contributed by atoms with Crippen LogP contribution in [-0.4, -0.2) is 20.2 Å². The molecule has 1 aliphatic carbocycles. The number of para-hydroxylation sites is 1. The third-order valence-corrected chi connectivity index (χ3v) is 9.56. The average Bonchev–Trinajstić information content (AvgIpc) is 3.27. The van der Waals surface area contributed by atoms with E-state index in [1.807, 2.05) is 37.3 Å². The van der Waals surface area contributed by atoms with Crippen LogP contribution in [0.1, 0.15) is 34.1 Å². The normalized spacial score (nSPS) is 19.7. The van der Waals surface area contributed by atoms with Gasteiger partial charge in [-0.3, -0.25) is 9.59 Å². The molecule has 0 saturated carbocycles. The molecule has 2 heterocycles. The number of anilines is 1. The predicted molar refractivity (Wildman–Crippen MR) is 160 cm³/mol. The van der Waals surface area contributed by atoms with E-state index in [1.54, 1.807) is 48.5 Å². The van der Waals surface area contributed by atoms with Crippen molar-refractivity contribution in [3.8, 4) is 5.75 Å². The number of fused-ring (bicyclic) bond motifs is 5. The quantitative estimate of drug-likeness (QED) is 0.151. The molecule has 5 aromatic rings. The van der Waals surface area contributed by atoms with E-state index < -0.39 is 33.5 Å². The van der Waals surface area contributed by atoms with Crippen molar-refractivity contribution >= 4 is 38.6 Å². The lowest BCUT2D eigenvalue weighted by Crippen LogP contribution is -2.34. The van der Waals surface area contributed by atoms with Gasteiger partial charge in [0.15, 0.2) is 0 Å². The first-order chi connectivity index (χ1) is 20.7. The summed E-state index contributed by atoms with van der Waals surface area (Å²) in [5.41, 5.74) is 2.39. The van der Waals surface area contributed by atoms with Crippen LogP contribution in [0.5, 0.6) is 5.75 Å². The Morgan fingerprint density at radius 1 is 0.814 bits per heavy atom. The summed E-state index contributed by atoms with van der Waals surface area (Å²) in [5.74, 6) is -3.05. The fourth-order valence-corrected chi connectivity index (χ4v) is 7.25. The minimum Gasteiger partial charge on any atom is -0.422 e. The van der Waals surface area contributed by atoms with Crippen LogP contribution in [0.15, 0.2) is 117 Å². The summed E-state index contributed by atoms with van der Waals surface area (Å²) in [6.45, 7) is 1.85. The maximum absolute atomic E-state index is 14.0. The molecule has 214 valence electrons. The summed E-state index contributed by atoms with van der Waals surface area (Å²) in [4.78, 5) is 42.7. The van der Waals surface area contributed by atoms with Crippen LogP contribution >= 0.6 is 0 Å². The third-order valence-electron chi connectivity index (χ3n) is 8.30. The second-order valence-electron chi connectivity index (χ2n) is 10.9. The minimum atomic E-state index is -4.14. The van der Waals surface area contributed by atoms with E-state index in [1.165, 1.54) is 29.2 Å². The first-order valence-corrected chi connectivity index (χ1v) is 15.2. The molecule has 43 heavy (non-hydrogen) atoms. The van der Waals surface area contributed by atoms with Gasteiger partial charge in [0.2, 0.25) is 11.8 Å². The van der Waals surface area contributed by atoms with Crippen LogP contribution in [0.2, 0.25) is 0 Å². The van der Waals surface area contributed by atoms with Crippen molar-refractivity contribution in [2.45, 2.75) is 30.1 Å². The van der Waals surface area contributed by atoms with E-state index in [-0.39, 0.29) is 33.6 Å². The van der Waals surface area contributed by atoms with Gasteiger partial charge in [-0.25, -0.2) is 9.69 Å². The maximum atomic E-state index is 14.0. The van der Waals surface area contributed by atoms with Gasteiger partial charge >= 0.3 is 15.7 Å². The van der Waals surface area contributed by atoms with Gasteiger partial charge in [-0.15, -0.1) is 0 Å². The number of nitrogens with zero attached hydrogens (tertiary/aromatic N) is 1. The molecule has 4 aromatic carbocycles. The van der Waals surface area contributed by atoms with Crippen LogP contribution in [0.25, 0.3) is 11.0 Å². The van der Waals surface area contributed by atoms with Crippen molar-refractivity contribution in [1.82, 2.24) is 0 Å². The molecule has 3 unspecified atom stereocenters. The highest BCUT2D eigenvalue weighted by Gasteiger charge is 2.56. The molecule has 0 N–H and O–H groups in total. The predicted octanol–water partition coefficient (Wildman–Crippen LogP) is 5.48. The number of benzene rings is 4. The molecule has 0 bridgehead atoms. The molecule has 0 spiro atoms. The van der Waals surface area contributed by atoms with E-state index in [2.05, 4.69) is 0 Å². The van der Waals surface area contributed by atoms with Gasteiger partial charge in [0, 0.05) is 17.4 Å². The first-order valence-electron chi connectivity index (χ1n) is 13.8. The Morgan fingerprint density at radius 3 is 2.19 bits per heavy atom. The average molecular weight is 592 g/mol. The molecule has 2 aliphatic rings. The zero-order chi connectivity index (χ0) is 29.9. The van der Waals surface area contributed by atoms with Crippen molar-refractivity contribution in [2.75, 3.05) is 4.90 Å². The first kappa shape index (κ1) is 26.9. The summed E-state index contributed by atoms with van der Waals surface area (Å²) in [5, 5.41) is 0.549. The zero-order valence-corrected chi connectivity index (χ0v) is 23.8. The molecular formula is C34H25NO7S. The molecule has 8 nitrogen and oxygen atoms in total. The van der Waals surface area contributed by atoms with Gasteiger partial charge in [-0.2, -0.15) is 8.42 Å². The second-order valence-corrected chi connectivity index (χ2v) is 12.4. The summed E-state index contributed by atoms with van der Waals surface area (Å²) < 4.78 is 36.9. The number of aryl methyl sites for hydroxylation is 1. The summed E-state index contributed by atoms with van der Waals surface area (Å²) in [7, 11) is -4.14. The van der Waals surface area contributed by atoms with E-state index >= 15 is 0 Å². The van der Waals surface area contributed by atoms with Crippen molar-refractivity contribution < 1.29 is 26.6 Å². The van der Waals surface area contributed by atoms with Crippen molar-refractivity contribution in [3.63, 3.8) is 0 Å². The highest BCUT2D eigenvalue weighted by atomic mass is 32.2. The lowest BCUT2D eigenvalue weighted by molar-refractivity contribution is -0.122. The van der Waals surface area contributed by atoms with Crippen LogP contribution in [0.4, 0.5) is 5.69 Å². The van der Waals surface area contributed by atoms with Crippen LogP contribution in [-0.2, 0) is 26.1 Å². The highest BCUT2D eigenvalue weighted by Crippen LogP contribution is 2.51. The molecule has 1 aromatic heterocycles. The summed E-state index contributed by atoms with van der Waals surface area (Å²) in [6, 6.07) is 28.9. The minimum absolute atomic E-state index is 0.00535. The Balaban J connectivity index is 1.35. The molecule has 1 saturated heterocycles. The molecule has 0 radical (unpaired) electrons. The third kappa shape index (κ3) is 4.44. The summed E-state index contributed by atoms with van der Waals surface area (Å²) >= 11 is 0. The number of imide groups is 1. The Morgan fingerprint density at radius 2 is 1.49 bits per heavy atom. The van der Waals surface area contributed by atoms with E-state index in [0.29, 0.717) is 23.1 Å². The van der Waals surface area contributed by atoms with E-state index in [4.69, 9.17) is 8.60 Å². The number of rotatable bonds is 5. The monoisotopic (exact) mass is 591 g/mol. The van der Waals surface area contributed by atoms with Gasteiger partial charge in [0.25, 0.3) is 0 Å². The van der Waals surface area contributed by atoms with E-state index in [9.17, 15) is 22.8 Å². The van der Waals surface area contributed by atoms with Crippen LogP contribution < -0.4 is 14.7 Å². The smallest absolute Gasteiger partial charge is 0.340 e. The lowest BCUT2D eigenvalue weighted by Gasteiger charge is -2.32. The molecule has 3 atom stereocenters. The largest absolute Gasteiger partial charge is 0.422 e. The zero-order valence-electron chi connectivity index (χ0n) is 23.0. The molecular weight excluding hydrogens is 566 g/mol. The molecule has 2 amide bonds. The number of amides is 2. The fraction of sp³-hybridized carbons (Fsp3) is 0.147. The number of carbonyl (C=O) groups is 2. The van der Waals surface area contributed by atoms with Crippen molar-refractivity contribution in [2.24, 2.45) is 5.92 Å². The van der Waals surface area contributed by atoms with Crippen LogP contribution in [0.3, 0.4) is 0 Å². The Bertz CT molecular complexity index is 2070. The Labute approximate surface area is 247 Å². The topological polar surface area (TPSA) is 111 Å². The Hall–Kier alpha value is -5.02. The van der Waals surface area contributed by atoms with Crippen molar-refractivity contribution in [3.05, 3.63) is 136 Å². The molecule has 1 aliphatic heterocycles. The SMILES string of the molecule is Cc1ccc(S(=O)(=O)Oc2ccc3c4c(c(=O)oc3c2)C2C(=O)N(c3ccccc3)C(=O)C2C(c2ccccc2)C4)cc1. The fourth-order valence-electron chi connectivity index (χ4n) is 6.33. The van der Waals surface area contributed by atoms with Gasteiger partial charge in [-0.1, -0.05) is 66.2 Å². The number of hydrogen-bond donors (Lipinski definition) is 0. The number of hydrogen-bond acceptors (Lipinski definition) is 7. The van der Waals surface area contributed by atoms with E-state index in [0.717, 1.165) is 11.1 Å². The second kappa shape index (κ2) is 10.1. The summed E-state index contributed by atoms with van der Waals surface area (Å²) in [6.07, 6.45) is 0.312. The molecule has 9 heteroatoms. The number of carbonyl (C=O) groups excluding carboxylic acids is 2. The van der Waals surface area contributed by atoms with Gasteiger partial charge < -0.3 is 8.60 Å². The maximum Gasteiger partial charge on any atom is 0.340 e. The van der Waals surface area contributed by atoms with Gasteiger partial charge in [0.1, 0.15) is 16.2 Å². The molecule has 7 rings (SSSR count). The van der Waals surface area contributed by atoms with Crippen LogP contribution in [0, 0.1) is 12.8 Å². The van der Waals surface area contributed by atoms with Gasteiger partial charge in [0.05, 0.1) is 23.1 Å². The molecule has 1 fully saturated rings. The lowest BCUT2D eigenvalue weighted by atomic mass is 9.67. The standard InChI is InChI=1S/C34H25NO7S/c1-20-12-15-24(16-13-20)43(39,40)42-23-14-17-25-27-19-26(21-8-4-2-5-9-21)29-31(30(27)34(38)41-28(25)18-23)33(37)35(32(29)36)22-10-6-3-7-11-22/h2-18,26,29,31H,19H2,1H3. The van der Waals surface area contributed by atoms with Crippen molar-refractivity contribution in [1.29, 1.82) is 0 Å².